The van der Waals surface area contributed by atoms with E-state index in [0.717, 1.165) is 55.3 Å². The number of para-hydroxylation sites is 2. The zero-order valence-electron chi connectivity index (χ0n) is 14.3. The van der Waals surface area contributed by atoms with Crippen LogP contribution in [-0.2, 0) is 13.0 Å². The molecule has 0 unspecified atom stereocenters. The van der Waals surface area contributed by atoms with Crippen molar-refractivity contribution in [1.29, 1.82) is 0 Å². The Hall–Kier alpha value is -2.10. The normalized spacial score (nSPS) is 11.3. The lowest BCUT2D eigenvalue weighted by Gasteiger charge is -2.11. The summed E-state index contributed by atoms with van der Waals surface area (Å²) in [6, 6.07) is 10.0. The number of hydrogen-bond acceptors (Lipinski definition) is 3. The standard InChI is InChI=1S/C17H23N7.HI/c1-18-17(19-9-4-12-24-13-5-10-21-24)20-11-8-16-22-14-6-2-3-7-15(14)23-16;/h2-3,5-7,10,13H,4,8-9,11-12H2,1H3,(H,22,23)(H2,18,19,20);1H. The second-order valence-corrected chi connectivity index (χ2v) is 5.50. The van der Waals surface area contributed by atoms with Crippen LogP contribution >= 0.6 is 24.0 Å². The molecule has 0 saturated heterocycles. The molecule has 0 radical (unpaired) electrons. The summed E-state index contributed by atoms with van der Waals surface area (Å²) in [4.78, 5) is 12.1. The number of rotatable bonds is 7. The zero-order chi connectivity index (χ0) is 16.6. The Morgan fingerprint density at radius 1 is 1.20 bits per heavy atom. The molecule has 7 nitrogen and oxygen atoms in total. The first-order valence-corrected chi connectivity index (χ1v) is 8.21. The van der Waals surface area contributed by atoms with Crippen LogP contribution in [0, 0.1) is 0 Å². The third-order valence-corrected chi connectivity index (χ3v) is 3.73. The van der Waals surface area contributed by atoms with Gasteiger partial charge in [0.2, 0.25) is 0 Å². The third-order valence-electron chi connectivity index (χ3n) is 3.73. The number of benzene rings is 1. The van der Waals surface area contributed by atoms with Crippen molar-refractivity contribution in [3.63, 3.8) is 0 Å². The van der Waals surface area contributed by atoms with Gasteiger partial charge in [0, 0.05) is 45.5 Å². The lowest BCUT2D eigenvalue weighted by molar-refractivity contribution is 0.570. The average Bonchev–Trinajstić information content (AvgIpc) is 3.25. The molecule has 0 aliphatic rings. The number of H-pyrrole nitrogens is 1. The monoisotopic (exact) mass is 453 g/mol. The first-order valence-electron chi connectivity index (χ1n) is 8.21. The molecule has 0 amide bonds. The van der Waals surface area contributed by atoms with Gasteiger partial charge in [0.1, 0.15) is 5.82 Å². The Morgan fingerprint density at radius 2 is 2.04 bits per heavy atom. The van der Waals surface area contributed by atoms with Crippen molar-refractivity contribution in [3.05, 3.63) is 48.5 Å². The number of guanidine groups is 1. The van der Waals surface area contributed by atoms with Crippen LogP contribution in [0.3, 0.4) is 0 Å². The molecule has 0 fully saturated rings. The summed E-state index contributed by atoms with van der Waals surface area (Å²) in [5.41, 5.74) is 2.09. The number of aromatic nitrogens is 4. The Morgan fingerprint density at radius 3 is 2.80 bits per heavy atom. The van der Waals surface area contributed by atoms with Crippen LogP contribution in [0.2, 0.25) is 0 Å². The van der Waals surface area contributed by atoms with Crippen LogP contribution < -0.4 is 10.6 Å². The van der Waals surface area contributed by atoms with Gasteiger partial charge in [-0.25, -0.2) is 4.98 Å². The number of fused-ring (bicyclic) bond motifs is 1. The molecule has 2 aromatic heterocycles. The molecule has 0 aliphatic heterocycles. The molecule has 0 aliphatic carbocycles. The predicted molar refractivity (Wildman–Crippen MR) is 111 cm³/mol. The highest BCUT2D eigenvalue weighted by Gasteiger charge is 2.02. The molecule has 0 bridgehead atoms. The van der Waals surface area contributed by atoms with Crippen molar-refractivity contribution < 1.29 is 0 Å². The van der Waals surface area contributed by atoms with Gasteiger partial charge in [-0.05, 0) is 24.6 Å². The Kier molecular flexibility index (Phi) is 7.71. The van der Waals surface area contributed by atoms with Crippen molar-refractivity contribution in [3.8, 4) is 0 Å². The molecule has 0 atom stereocenters. The van der Waals surface area contributed by atoms with E-state index in [1.807, 2.05) is 41.2 Å². The molecule has 134 valence electrons. The quantitative estimate of drug-likeness (QED) is 0.222. The molecule has 25 heavy (non-hydrogen) atoms. The molecule has 3 N–H and O–H groups in total. The average molecular weight is 453 g/mol. The summed E-state index contributed by atoms with van der Waals surface area (Å²) in [6.07, 6.45) is 5.58. The maximum absolute atomic E-state index is 4.57. The number of aromatic amines is 1. The highest BCUT2D eigenvalue weighted by molar-refractivity contribution is 14.0. The molecule has 0 saturated carbocycles. The highest BCUT2D eigenvalue weighted by Crippen LogP contribution is 2.10. The molecule has 2 heterocycles. The van der Waals surface area contributed by atoms with E-state index in [0.29, 0.717) is 0 Å². The lowest BCUT2D eigenvalue weighted by Crippen LogP contribution is -2.39. The third kappa shape index (κ3) is 5.73. The second-order valence-electron chi connectivity index (χ2n) is 5.50. The maximum Gasteiger partial charge on any atom is 0.190 e. The van der Waals surface area contributed by atoms with Crippen LogP contribution in [0.1, 0.15) is 12.2 Å². The van der Waals surface area contributed by atoms with Crippen molar-refractivity contribution in [2.24, 2.45) is 4.99 Å². The lowest BCUT2D eigenvalue weighted by atomic mass is 10.3. The summed E-state index contributed by atoms with van der Waals surface area (Å²) in [6.45, 7) is 2.53. The summed E-state index contributed by atoms with van der Waals surface area (Å²) < 4.78 is 1.93. The number of aryl methyl sites for hydroxylation is 1. The van der Waals surface area contributed by atoms with E-state index in [9.17, 15) is 0 Å². The predicted octanol–water partition coefficient (Wildman–Crippen LogP) is 2.18. The molecule has 1 aromatic carbocycles. The van der Waals surface area contributed by atoms with E-state index in [2.05, 4.69) is 30.7 Å². The molecule has 3 aromatic rings. The summed E-state index contributed by atoms with van der Waals surface area (Å²) >= 11 is 0. The number of imidazole rings is 1. The van der Waals surface area contributed by atoms with E-state index in [1.165, 1.54) is 0 Å². The summed E-state index contributed by atoms with van der Waals surface area (Å²) in [5.74, 6) is 1.80. The molecule has 3 rings (SSSR count). The topological polar surface area (TPSA) is 82.9 Å². The SMILES string of the molecule is CN=C(NCCCn1cccn1)NCCc1nc2ccccc2[nH]1.I. The molecular weight excluding hydrogens is 429 g/mol. The van der Waals surface area contributed by atoms with E-state index in [-0.39, 0.29) is 24.0 Å². The van der Waals surface area contributed by atoms with E-state index < -0.39 is 0 Å². The van der Waals surface area contributed by atoms with Gasteiger partial charge in [0.15, 0.2) is 5.96 Å². The molecular formula is C17H24IN7. The van der Waals surface area contributed by atoms with E-state index in [1.54, 1.807) is 13.2 Å². The van der Waals surface area contributed by atoms with E-state index >= 15 is 0 Å². The Balaban J connectivity index is 0.00000225. The van der Waals surface area contributed by atoms with Crippen LogP contribution in [0.4, 0.5) is 0 Å². The van der Waals surface area contributed by atoms with Crippen LogP contribution in [-0.4, -0.2) is 45.8 Å². The first kappa shape index (κ1) is 19.2. The number of aliphatic imine (C=N–C) groups is 1. The number of nitrogens with zero attached hydrogens (tertiary/aromatic N) is 4. The van der Waals surface area contributed by atoms with Gasteiger partial charge in [-0.3, -0.25) is 9.67 Å². The summed E-state index contributed by atoms with van der Waals surface area (Å²) in [7, 11) is 1.78. The fourth-order valence-electron chi connectivity index (χ4n) is 2.52. The first-order chi connectivity index (χ1) is 11.8. The van der Waals surface area contributed by atoms with Crippen molar-refractivity contribution in [2.45, 2.75) is 19.4 Å². The number of hydrogen-bond donors (Lipinski definition) is 3. The van der Waals surface area contributed by atoms with Gasteiger partial charge in [-0.1, -0.05) is 12.1 Å². The number of nitrogens with one attached hydrogen (secondary N) is 3. The van der Waals surface area contributed by atoms with Gasteiger partial charge in [0.05, 0.1) is 11.0 Å². The Labute approximate surface area is 164 Å². The van der Waals surface area contributed by atoms with Crippen LogP contribution in [0.25, 0.3) is 11.0 Å². The van der Waals surface area contributed by atoms with Crippen LogP contribution in [0.5, 0.6) is 0 Å². The highest BCUT2D eigenvalue weighted by atomic mass is 127. The van der Waals surface area contributed by atoms with Crippen LogP contribution in [0.15, 0.2) is 47.7 Å². The van der Waals surface area contributed by atoms with Crippen molar-refractivity contribution >= 4 is 41.0 Å². The minimum absolute atomic E-state index is 0. The van der Waals surface area contributed by atoms with Crippen molar-refractivity contribution in [1.82, 2.24) is 30.4 Å². The molecule has 8 heteroatoms. The second kappa shape index (κ2) is 10.0. The Bertz CT molecular complexity index is 746. The van der Waals surface area contributed by atoms with Gasteiger partial charge < -0.3 is 15.6 Å². The van der Waals surface area contributed by atoms with Gasteiger partial charge in [0.25, 0.3) is 0 Å². The minimum atomic E-state index is 0. The largest absolute Gasteiger partial charge is 0.356 e. The van der Waals surface area contributed by atoms with Crippen molar-refractivity contribution in [2.75, 3.05) is 20.1 Å². The number of halogens is 1. The van der Waals surface area contributed by atoms with Gasteiger partial charge >= 0.3 is 0 Å². The van der Waals surface area contributed by atoms with Gasteiger partial charge in [-0.15, -0.1) is 24.0 Å². The van der Waals surface area contributed by atoms with Gasteiger partial charge in [-0.2, -0.15) is 5.10 Å². The fraction of sp³-hybridized carbons (Fsp3) is 0.353. The zero-order valence-corrected chi connectivity index (χ0v) is 16.6. The maximum atomic E-state index is 4.57. The fourth-order valence-corrected chi connectivity index (χ4v) is 2.52. The van der Waals surface area contributed by atoms with E-state index in [4.69, 9.17) is 0 Å². The summed E-state index contributed by atoms with van der Waals surface area (Å²) in [5, 5.41) is 10.8. The minimum Gasteiger partial charge on any atom is -0.356 e. The molecule has 0 spiro atoms. The smallest absolute Gasteiger partial charge is 0.190 e.